The third-order valence-corrected chi connectivity index (χ3v) is 6.42. The molecule has 0 unspecified atom stereocenters. The topological polar surface area (TPSA) is 50.2 Å². The third-order valence-electron chi connectivity index (χ3n) is 6.42. The number of rotatable bonds is 6. The van der Waals surface area contributed by atoms with Crippen molar-refractivity contribution in [1.82, 2.24) is 19.8 Å². The number of amides is 1. The zero-order chi connectivity index (χ0) is 17.2. The minimum Gasteiger partial charge on any atom is -0.352 e. The summed E-state index contributed by atoms with van der Waals surface area (Å²) in [5, 5.41) is 3.26. The van der Waals surface area contributed by atoms with E-state index >= 15 is 0 Å². The molecule has 5 heteroatoms. The lowest BCUT2D eigenvalue weighted by Gasteiger charge is -2.35. The zero-order valence-corrected chi connectivity index (χ0v) is 15.5. The number of carbonyl (C=O) groups excluding carboxylic acids is 1. The highest BCUT2D eigenvalue weighted by atomic mass is 16.2. The molecular formula is C20H32N4O. The van der Waals surface area contributed by atoms with E-state index < -0.39 is 0 Å². The second-order valence-electron chi connectivity index (χ2n) is 8.36. The predicted molar refractivity (Wildman–Crippen MR) is 98.4 cm³/mol. The van der Waals surface area contributed by atoms with E-state index in [1.54, 1.807) is 0 Å². The second kappa shape index (κ2) is 7.48. The van der Waals surface area contributed by atoms with Gasteiger partial charge in [0.15, 0.2) is 0 Å². The number of carbonyl (C=O) groups is 1. The van der Waals surface area contributed by atoms with Crippen molar-refractivity contribution in [3.05, 3.63) is 18.2 Å². The van der Waals surface area contributed by atoms with Gasteiger partial charge in [-0.15, -0.1) is 0 Å². The van der Waals surface area contributed by atoms with Crippen molar-refractivity contribution in [2.75, 3.05) is 13.1 Å². The van der Waals surface area contributed by atoms with Gasteiger partial charge in [-0.05, 0) is 64.5 Å². The summed E-state index contributed by atoms with van der Waals surface area (Å²) < 4.78 is 2.38. The zero-order valence-electron chi connectivity index (χ0n) is 15.5. The Bertz CT molecular complexity index is 580. The second-order valence-corrected chi connectivity index (χ2v) is 8.36. The summed E-state index contributed by atoms with van der Waals surface area (Å²) in [5.74, 6) is 2.93. The molecule has 5 nitrogen and oxygen atoms in total. The van der Waals surface area contributed by atoms with Gasteiger partial charge in [0.1, 0.15) is 5.82 Å². The fourth-order valence-electron chi connectivity index (χ4n) is 4.52. The van der Waals surface area contributed by atoms with Crippen LogP contribution in [0.25, 0.3) is 0 Å². The Kier molecular flexibility index (Phi) is 5.11. The van der Waals surface area contributed by atoms with Crippen LogP contribution in [-0.4, -0.2) is 45.5 Å². The van der Waals surface area contributed by atoms with Gasteiger partial charge in [0.05, 0.1) is 6.04 Å². The van der Waals surface area contributed by atoms with Crippen molar-refractivity contribution in [2.45, 2.75) is 82.8 Å². The Hall–Kier alpha value is -1.36. The number of imidazole rings is 1. The van der Waals surface area contributed by atoms with E-state index in [1.807, 2.05) is 6.20 Å². The van der Waals surface area contributed by atoms with Crippen LogP contribution in [0, 0.1) is 5.92 Å². The molecule has 1 saturated heterocycles. The van der Waals surface area contributed by atoms with Gasteiger partial charge in [0, 0.05) is 30.9 Å². The van der Waals surface area contributed by atoms with Gasteiger partial charge in [0.25, 0.3) is 0 Å². The molecule has 1 atom stereocenters. The van der Waals surface area contributed by atoms with Crippen molar-refractivity contribution in [1.29, 1.82) is 0 Å². The molecular weight excluding hydrogens is 312 g/mol. The first-order chi connectivity index (χ1) is 12.2. The summed E-state index contributed by atoms with van der Waals surface area (Å²) >= 11 is 0. The molecule has 3 aliphatic rings. The van der Waals surface area contributed by atoms with Gasteiger partial charge in [-0.2, -0.15) is 0 Å². The van der Waals surface area contributed by atoms with Gasteiger partial charge in [-0.25, -0.2) is 4.98 Å². The molecule has 2 aliphatic carbocycles. The molecule has 4 rings (SSSR count). The number of hydrogen-bond acceptors (Lipinski definition) is 3. The first kappa shape index (κ1) is 17.1. The Morgan fingerprint density at radius 2 is 1.92 bits per heavy atom. The summed E-state index contributed by atoms with van der Waals surface area (Å²) in [4.78, 5) is 19.5. The van der Waals surface area contributed by atoms with E-state index in [9.17, 15) is 4.79 Å². The maximum absolute atomic E-state index is 12.5. The molecule has 1 aliphatic heterocycles. The van der Waals surface area contributed by atoms with Gasteiger partial charge < -0.3 is 9.88 Å². The first-order valence-corrected chi connectivity index (χ1v) is 10.3. The average Bonchev–Trinajstić information content (AvgIpc) is 3.09. The molecule has 0 radical (unpaired) electrons. The van der Waals surface area contributed by atoms with Crippen molar-refractivity contribution >= 4 is 5.91 Å². The Labute approximate surface area is 151 Å². The molecule has 1 aromatic heterocycles. The SMILES string of the molecule is C[C@H](C(=O)NC1CCCC1)N1CCC(c2nccn2CC2CC2)CC1. The maximum atomic E-state index is 12.5. The number of likely N-dealkylation sites (tertiary alicyclic amines) is 1. The molecule has 1 aromatic rings. The van der Waals surface area contributed by atoms with Crippen LogP contribution in [0.15, 0.2) is 12.4 Å². The summed E-state index contributed by atoms with van der Waals surface area (Å²) in [5.41, 5.74) is 0. The first-order valence-electron chi connectivity index (χ1n) is 10.3. The molecule has 2 heterocycles. The quantitative estimate of drug-likeness (QED) is 0.863. The maximum Gasteiger partial charge on any atom is 0.237 e. The summed E-state index contributed by atoms with van der Waals surface area (Å²) in [6.45, 7) is 5.22. The van der Waals surface area contributed by atoms with Crippen LogP contribution in [-0.2, 0) is 11.3 Å². The van der Waals surface area contributed by atoms with Crippen molar-refractivity contribution in [3.8, 4) is 0 Å². The summed E-state index contributed by atoms with van der Waals surface area (Å²) in [7, 11) is 0. The molecule has 25 heavy (non-hydrogen) atoms. The van der Waals surface area contributed by atoms with E-state index in [0.29, 0.717) is 12.0 Å². The lowest BCUT2D eigenvalue weighted by Crippen LogP contribution is -2.50. The van der Waals surface area contributed by atoms with Crippen LogP contribution in [0.2, 0.25) is 0 Å². The third kappa shape index (κ3) is 4.08. The summed E-state index contributed by atoms with van der Waals surface area (Å²) in [6.07, 6.45) is 13.9. The number of hydrogen-bond donors (Lipinski definition) is 1. The van der Waals surface area contributed by atoms with Gasteiger partial charge >= 0.3 is 0 Å². The van der Waals surface area contributed by atoms with E-state index in [2.05, 4.69) is 32.9 Å². The minimum atomic E-state index is -0.00670. The van der Waals surface area contributed by atoms with Crippen LogP contribution in [0.5, 0.6) is 0 Å². The predicted octanol–water partition coefficient (Wildman–Crippen LogP) is 2.92. The fourth-order valence-corrected chi connectivity index (χ4v) is 4.52. The smallest absolute Gasteiger partial charge is 0.237 e. The highest BCUT2D eigenvalue weighted by molar-refractivity contribution is 5.81. The lowest BCUT2D eigenvalue weighted by molar-refractivity contribution is -0.127. The van der Waals surface area contributed by atoms with Crippen molar-refractivity contribution in [3.63, 3.8) is 0 Å². The Balaban J connectivity index is 1.28. The molecule has 2 saturated carbocycles. The number of piperidine rings is 1. The van der Waals surface area contributed by atoms with Crippen LogP contribution in [0.4, 0.5) is 0 Å². The number of aromatic nitrogens is 2. The monoisotopic (exact) mass is 344 g/mol. The largest absolute Gasteiger partial charge is 0.352 e. The minimum absolute atomic E-state index is 0.00670. The van der Waals surface area contributed by atoms with Crippen molar-refractivity contribution in [2.24, 2.45) is 5.92 Å². The molecule has 3 fully saturated rings. The molecule has 1 amide bonds. The number of nitrogens with zero attached hydrogens (tertiary/aromatic N) is 3. The molecule has 0 aromatic carbocycles. The highest BCUT2D eigenvalue weighted by Gasteiger charge is 2.31. The van der Waals surface area contributed by atoms with Crippen molar-refractivity contribution < 1.29 is 4.79 Å². The van der Waals surface area contributed by atoms with Crippen LogP contribution in [0.3, 0.4) is 0 Å². The van der Waals surface area contributed by atoms with Gasteiger partial charge in [0.2, 0.25) is 5.91 Å². The standard InChI is InChI=1S/C20H32N4O/c1-15(20(25)22-18-4-2-3-5-18)23-11-8-17(9-12-23)19-21-10-13-24(19)14-16-6-7-16/h10,13,15-18H,2-9,11-12,14H2,1H3,(H,22,25)/t15-/m1/s1. The summed E-state index contributed by atoms with van der Waals surface area (Å²) in [6, 6.07) is 0.412. The Morgan fingerprint density at radius 1 is 1.20 bits per heavy atom. The number of nitrogens with one attached hydrogen (secondary N) is 1. The molecule has 138 valence electrons. The Morgan fingerprint density at radius 3 is 2.60 bits per heavy atom. The molecule has 0 spiro atoms. The highest BCUT2D eigenvalue weighted by Crippen LogP contribution is 2.33. The van der Waals surface area contributed by atoms with E-state index in [1.165, 1.54) is 31.5 Å². The van der Waals surface area contributed by atoms with Gasteiger partial charge in [-0.1, -0.05) is 12.8 Å². The van der Waals surface area contributed by atoms with Gasteiger partial charge in [-0.3, -0.25) is 9.69 Å². The van der Waals surface area contributed by atoms with E-state index in [-0.39, 0.29) is 11.9 Å². The van der Waals surface area contributed by atoms with E-state index in [0.717, 1.165) is 51.2 Å². The molecule has 1 N–H and O–H groups in total. The molecule has 0 bridgehead atoms. The van der Waals surface area contributed by atoms with Crippen LogP contribution < -0.4 is 5.32 Å². The lowest BCUT2D eigenvalue weighted by atomic mass is 9.94. The fraction of sp³-hybridized carbons (Fsp3) is 0.800. The van der Waals surface area contributed by atoms with Crippen LogP contribution >= 0.6 is 0 Å². The average molecular weight is 345 g/mol. The van der Waals surface area contributed by atoms with E-state index in [4.69, 9.17) is 0 Å². The van der Waals surface area contributed by atoms with Crippen LogP contribution in [0.1, 0.15) is 70.0 Å². The normalized spacial score (nSPS) is 24.5.